The molecule has 0 bridgehead atoms. The van der Waals surface area contributed by atoms with Crippen molar-refractivity contribution in [2.75, 3.05) is 13.7 Å². The smallest absolute Gasteiger partial charge is 0.331 e. The highest BCUT2D eigenvalue weighted by Crippen LogP contribution is 2.24. The summed E-state index contributed by atoms with van der Waals surface area (Å²) < 4.78 is 30.4. The van der Waals surface area contributed by atoms with Crippen LogP contribution in [-0.4, -0.2) is 48.8 Å². The molecule has 0 aromatic carbocycles. The Morgan fingerprint density at radius 3 is 2.43 bits per heavy atom. The SMILES string of the molecule is COC(=O)[C@@H]1[C@H](F)[C@@H](F)CN1C(C)=O. The van der Waals surface area contributed by atoms with Gasteiger partial charge in [-0.25, -0.2) is 13.6 Å². The summed E-state index contributed by atoms with van der Waals surface area (Å²) in [5.74, 6) is -1.46. The lowest BCUT2D eigenvalue weighted by Gasteiger charge is -2.20. The van der Waals surface area contributed by atoms with Crippen molar-refractivity contribution in [1.82, 2.24) is 4.90 Å². The van der Waals surface area contributed by atoms with Gasteiger partial charge >= 0.3 is 5.97 Å². The summed E-state index contributed by atoms with van der Waals surface area (Å²) in [5.41, 5.74) is 0. The third kappa shape index (κ3) is 1.69. The molecule has 1 amide bonds. The average Bonchev–Trinajstić information content (AvgIpc) is 2.43. The fourth-order valence-corrected chi connectivity index (χ4v) is 1.47. The minimum Gasteiger partial charge on any atom is -0.467 e. The summed E-state index contributed by atoms with van der Waals surface area (Å²) in [7, 11) is 1.07. The zero-order valence-corrected chi connectivity index (χ0v) is 7.87. The molecular weight excluding hydrogens is 196 g/mol. The summed E-state index contributed by atoms with van der Waals surface area (Å²) in [6.07, 6.45) is -3.81. The summed E-state index contributed by atoms with van der Waals surface area (Å²) in [4.78, 5) is 22.9. The molecule has 0 aromatic rings. The van der Waals surface area contributed by atoms with Crippen LogP contribution in [0.3, 0.4) is 0 Å². The Morgan fingerprint density at radius 2 is 2.00 bits per heavy atom. The Balaban J connectivity index is 2.86. The molecule has 1 rings (SSSR count). The highest BCUT2D eigenvalue weighted by molar-refractivity contribution is 5.84. The maximum absolute atomic E-state index is 13.2. The first kappa shape index (κ1) is 10.9. The minimum atomic E-state index is -1.99. The van der Waals surface area contributed by atoms with E-state index < -0.39 is 36.8 Å². The second-order valence-electron chi connectivity index (χ2n) is 3.10. The predicted octanol–water partition coefficient (Wildman–Crippen LogP) is 0.0663. The van der Waals surface area contributed by atoms with Gasteiger partial charge in [0, 0.05) is 6.92 Å². The molecule has 14 heavy (non-hydrogen) atoms. The molecule has 1 fully saturated rings. The van der Waals surface area contributed by atoms with Crippen molar-refractivity contribution in [3.63, 3.8) is 0 Å². The number of hydrogen-bond donors (Lipinski definition) is 0. The highest BCUT2D eigenvalue weighted by Gasteiger charge is 2.48. The Morgan fingerprint density at radius 1 is 1.43 bits per heavy atom. The Hall–Kier alpha value is -1.20. The summed E-state index contributed by atoms with van der Waals surface area (Å²) in [6.45, 7) is 0.761. The summed E-state index contributed by atoms with van der Waals surface area (Å²) in [6, 6.07) is -1.44. The Bertz CT molecular complexity index is 259. The van der Waals surface area contributed by atoms with Crippen molar-refractivity contribution in [1.29, 1.82) is 0 Å². The molecular formula is C8H11F2NO3. The number of alkyl halides is 2. The molecule has 3 atom stereocenters. The normalized spacial score (nSPS) is 31.7. The molecule has 1 aliphatic heterocycles. The number of methoxy groups -OCH3 is 1. The van der Waals surface area contributed by atoms with Crippen molar-refractivity contribution in [3.8, 4) is 0 Å². The van der Waals surface area contributed by atoms with Crippen molar-refractivity contribution >= 4 is 11.9 Å². The molecule has 0 aliphatic carbocycles. The number of hydrogen-bond acceptors (Lipinski definition) is 3. The molecule has 1 saturated heterocycles. The van der Waals surface area contributed by atoms with E-state index in [0.717, 1.165) is 18.9 Å². The van der Waals surface area contributed by atoms with Crippen LogP contribution in [0.4, 0.5) is 8.78 Å². The van der Waals surface area contributed by atoms with Crippen LogP contribution in [0.2, 0.25) is 0 Å². The van der Waals surface area contributed by atoms with E-state index in [1.54, 1.807) is 0 Å². The van der Waals surface area contributed by atoms with Crippen LogP contribution in [0.25, 0.3) is 0 Å². The number of carbonyl (C=O) groups excluding carboxylic acids is 2. The first-order valence-corrected chi connectivity index (χ1v) is 4.12. The van der Waals surface area contributed by atoms with Gasteiger partial charge in [-0.1, -0.05) is 0 Å². The fourth-order valence-electron chi connectivity index (χ4n) is 1.47. The standard InChI is InChI=1S/C8H11F2NO3/c1-4(12)11-3-5(9)6(10)7(11)8(13)14-2/h5-7H,3H2,1-2H3/t5-,6+,7-/m0/s1. The van der Waals surface area contributed by atoms with Crippen molar-refractivity contribution in [2.24, 2.45) is 0 Å². The molecule has 1 heterocycles. The van der Waals surface area contributed by atoms with E-state index in [-0.39, 0.29) is 0 Å². The van der Waals surface area contributed by atoms with E-state index in [4.69, 9.17) is 0 Å². The third-order valence-corrected chi connectivity index (χ3v) is 2.20. The average molecular weight is 207 g/mol. The van der Waals surface area contributed by atoms with Gasteiger partial charge in [-0.15, -0.1) is 0 Å². The number of rotatable bonds is 1. The van der Waals surface area contributed by atoms with Crippen LogP contribution in [0.1, 0.15) is 6.92 Å². The number of amides is 1. The van der Waals surface area contributed by atoms with Crippen molar-refractivity contribution in [3.05, 3.63) is 0 Å². The van der Waals surface area contributed by atoms with Crippen LogP contribution in [0.15, 0.2) is 0 Å². The predicted molar refractivity (Wildman–Crippen MR) is 43.0 cm³/mol. The Kier molecular flexibility index (Phi) is 3.03. The van der Waals surface area contributed by atoms with E-state index >= 15 is 0 Å². The fraction of sp³-hybridized carbons (Fsp3) is 0.750. The van der Waals surface area contributed by atoms with E-state index in [0.29, 0.717) is 0 Å². The van der Waals surface area contributed by atoms with Gasteiger partial charge in [0.1, 0.15) is 0 Å². The molecule has 0 radical (unpaired) electrons. The molecule has 80 valence electrons. The number of halogens is 2. The van der Waals surface area contributed by atoms with Gasteiger partial charge in [0.05, 0.1) is 13.7 Å². The van der Waals surface area contributed by atoms with Crippen molar-refractivity contribution < 1.29 is 23.1 Å². The zero-order chi connectivity index (χ0) is 10.9. The molecule has 1 aliphatic rings. The molecule has 0 aromatic heterocycles. The van der Waals surface area contributed by atoms with Crippen LogP contribution in [0, 0.1) is 0 Å². The van der Waals surface area contributed by atoms with Gasteiger partial charge in [-0.05, 0) is 0 Å². The van der Waals surface area contributed by atoms with Gasteiger partial charge in [-0.3, -0.25) is 4.79 Å². The van der Waals surface area contributed by atoms with Gasteiger partial charge < -0.3 is 9.64 Å². The Labute approximate surface area is 79.8 Å². The van der Waals surface area contributed by atoms with Gasteiger partial charge in [0.25, 0.3) is 0 Å². The van der Waals surface area contributed by atoms with E-state index in [1.165, 1.54) is 0 Å². The number of esters is 1. The van der Waals surface area contributed by atoms with Crippen LogP contribution >= 0.6 is 0 Å². The molecule has 0 saturated carbocycles. The molecule has 0 spiro atoms. The first-order valence-electron chi connectivity index (χ1n) is 4.12. The van der Waals surface area contributed by atoms with Crippen molar-refractivity contribution in [2.45, 2.75) is 25.3 Å². The number of nitrogens with zero attached hydrogens (tertiary/aromatic N) is 1. The number of ether oxygens (including phenoxy) is 1. The maximum atomic E-state index is 13.2. The number of likely N-dealkylation sites (tertiary alicyclic amines) is 1. The summed E-state index contributed by atoms with van der Waals surface area (Å²) in [5, 5.41) is 0. The molecule has 0 unspecified atom stereocenters. The largest absolute Gasteiger partial charge is 0.467 e. The quantitative estimate of drug-likeness (QED) is 0.571. The van der Waals surface area contributed by atoms with E-state index in [2.05, 4.69) is 4.74 Å². The number of carbonyl (C=O) groups is 2. The lowest BCUT2D eigenvalue weighted by molar-refractivity contribution is -0.152. The second-order valence-corrected chi connectivity index (χ2v) is 3.10. The maximum Gasteiger partial charge on any atom is 0.331 e. The molecule has 4 nitrogen and oxygen atoms in total. The van der Waals surface area contributed by atoms with Crippen LogP contribution in [-0.2, 0) is 14.3 Å². The lowest BCUT2D eigenvalue weighted by atomic mass is 10.2. The summed E-state index contributed by atoms with van der Waals surface area (Å²) >= 11 is 0. The van der Waals surface area contributed by atoms with Gasteiger partial charge in [0.15, 0.2) is 18.4 Å². The van der Waals surface area contributed by atoms with Gasteiger partial charge in [0.2, 0.25) is 5.91 Å². The highest BCUT2D eigenvalue weighted by atomic mass is 19.2. The van der Waals surface area contributed by atoms with E-state index in [1.807, 2.05) is 0 Å². The topological polar surface area (TPSA) is 46.6 Å². The van der Waals surface area contributed by atoms with E-state index in [9.17, 15) is 18.4 Å². The third-order valence-electron chi connectivity index (χ3n) is 2.20. The van der Waals surface area contributed by atoms with Crippen LogP contribution < -0.4 is 0 Å². The minimum absolute atomic E-state index is 0.393. The van der Waals surface area contributed by atoms with Crippen LogP contribution in [0.5, 0.6) is 0 Å². The lowest BCUT2D eigenvalue weighted by Crippen LogP contribution is -2.43. The zero-order valence-electron chi connectivity index (χ0n) is 7.87. The second kappa shape index (κ2) is 3.89. The molecule has 0 N–H and O–H groups in total. The van der Waals surface area contributed by atoms with Gasteiger partial charge in [-0.2, -0.15) is 0 Å². The first-order chi connectivity index (χ1) is 6.49. The monoisotopic (exact) mass is 207 g/mol. The molecule has 6 heteroatoms.